The van der Waals surface area contributed by atoms with Gasteiger partial charge in [0, 0.05) is 18.8 Å². The summed E-state index contributed by atoms with van der Waals surface area (Å²) in [4.78, 5) is 35.1. The molecule has 0 aliphatic rings. The molecule has 2 rings (SSSR count). The largest absolute Gasteiger partial charge is 0.481 e. The third-order valence-corrected chi connectivity index (χ3v) is 2.98. The van der Waals surface area contributed by atoms with Gasteiger partial charge < -0.3 is 15.3 Å². The third kappa shape index (κ3) is 101. The molecular formula is C35H74N2O6. The number of pyridine rings is 1. The van der Waals surface area contributed by atoms with Gasteiger partial charge in [-0.25, -0.2) is 0 Å². The smallest absolute Gasteiger partial charge is 0.317 e. The lowest BCUT2D eigenvalue weighted by Crippen LogP contribution is -2.34. The Balaban J connectivity index is -0.0000000382. The first-order valence-electron chi connectivity index (χ1n) is 14.4. The van der Waals surface area contributed by atoms with Crippen molar-refractivity contribution >= 4 is 17.9 Å². The van der Waals surface area contributed by atoms with Gasteiger partial charge in [-0.2, -0.15) is 0 Å². The second-order valence-electron chi connectivity index (χ2n) is 6.26. The van der Waals surface area contributed by atoms with E-state index in [1.54, 1.807) is 19.3 Å². The van der Waals surface area contributed by atoms with E-state index in [0.717, 1.165) is 0 Å². The molecule has 0 aliphatic heterocycles. The average Bonchev–Trinajstić information content (AvgIpc) is 2.99. The molecule has 8 heteroatoms. The summed E-state index contributed by atoms with van der Waals surface area (Å²) in [6.07, 6.45) is 3.78. The molecule has 3 N–H and O–H groups in total. The number of aromatic nitrogens is 1. The van der Waals surface area contributed by atoms with Gasteiger partial charge in [0.2, 0.25) is 0 Å². The molecule has 0 saturated carbocycles. The van der Waals surface area contributed by atoms with E-state index in [4.69, 9.17) is 15.3 Å². The van der Waals surface area contributed by atoms with Crippen LogP contribution in [0.15, 0.2) is 67.0 Å². The highest BCUT2D eigenvalue weighted by Crippen LogP contribution is 1.96. The number of carboxylic acids is 3. The van der Waals surface area contributed by atoms with Crippen LogP contribution >= 0.6 is 0 Å². The van der Waals surface area contributed by atoms with Gasteiger partial charge in [-0.1, -0.05) is 155 Å². The molecule has 0 aliphatic carbocycles. The van der Waals surface area contributed by atoms with Crippen molar-refractivity contribution in [2.45, 2.75) is 119 Å². The highest BCUT2D eigenvalue weighted by Gasteiger charge is 2.10. The van der Waals surface area contributed by atoms with Crippen LogP contribution in [0.25, 0.3) is 0 Å². The van der Waals surface area contributed by atoms with E-state index in [1.165, 1.54) is 4.90 Å². The van der Waals surface area contributed by atoms with Gasteiger partial charge in [0.25, 0.3) is 0 Å². The number of benzene rings is 1. The van der Waals surface area contributed by atoms with E-state index in [-0.39, 0.29) is 47.7 Å². The number of likely N-dealkylation sites (N-methyl/N-ethyl adjacent to an activating group) is 1. The number of carbonyl (C=O) groups is 3. The number of rotatable bonds is 7. The minimum absolute atomic E-state index is 0. The lowest BCUT2D eigenvalue weighted by atomic mass is 10.1. The van der Waals surface area contributed by atoms with Gasteiger partial charge in [-0.05, 0) is 24.6 Å². The molecule has 0 radical (unpaired) electrons. The average molecular weight is 619 g/mol. The predicted molar refractivity (Wildman–Crippen MR) is 192 cm³/mol. The molecule has 43 heavy (non-hydrogen) atoms. The molecule has 1 aromatic carbocycles. The van der Waals surface area contributed by atoms with Crippen molar-refractivity contribution in [3.63, 3.8) is 0 Å². The normalized spacial score (nSPS) is 7.05. The summed E-state index contributed by atoms with van der Waals surface area (Å²) in [5, 5.41) is 24.7. The van der Waals surface area contributed by atoms with Crippen molar-refractivity contribution in [3.8, 4) is 0 Å². The third-order valence-electron chi connectivity index (χ3n) is 2.98. The van der Waals surface area contributed by atoms with Gasteiger partial charge in [0.1, 0.15) is 0 Å². The molecule has 0 saturated heterocycles. The number of carboxylic acid groups (broad SMARTS) is 3. The quantitative estimate of drug-likeness (QED) is 0.279. The van der Waals surface area contributed by atoms with E-state index in [1.807, 2.05) is 138 Å². The van der Waals surface area contributed by atoms with Crippen LogP contribution in [-0.2, 0) is 14.4 Å². The maximum atomic E-state index is 10.1. The highest BCUT2D eigenvalue weighted by molar-refractivity contribution is 5.72. The van der Waals surface area contributed by atoms with Gasteiger partial charge in [0.15, 0.2) is 0 Å². The standard InChI is InChI=1S/C6H11NO4.C6H6.C5H5N.C5H10O2.5C2H6.3CH4/c1-2-7(3-5(8)9)4-6(10)11;2*1-2-4-6-5-3-1;1-4(2)3-5(6)7;5*1-2;;;/h2-4H2,1H3,(H,8,9)(H,10,11);1-6H;1-5H;4H,3H2,1-2H3,(H,6,7);5*1-2H3;3*1H4. The van der Waals surface area contributed by atoms with Gasteiger partial charge in [-0.3, -0.25) is 24.3 Å². The predicted octanol–water partition coefficient (Wildman–Crippen LogP) is 10.4. The second-order valence-corrected chi connectivity index (χ2v) is 6.26. The molecule has 0 amide bonds. The lowest BCUT2D eigenvalue weighted by Gasteiger charge is -2.13. The fourth-order valence-corrected chi connectivity index (χ4v) is 1.71. The van der Waals surface area contributed by atoms with Crippen molar-refractivity contribution in [2.24, 2.45) is 5.92 Å². The Morgan fingerprint density at radius 3 is 0.907 bits per heavy atom. The first kappa shape index (κ1) is 67.4. The van der Waals surface area contributed by atoms with Crippen LogP contribution in [0.1, 0.15) is 119 Å². The van der Waals surface area contributed by atoms with Crippen LogP contribution < -0.4 is 0 Å². The summed E-state index contributed by atoms with van der Waals surface area (Å²) < 4.78 is 0. The first-order valence-corrected chi connectivity index (χ1v) is 14.4. The van der Waals surface area contributed by atoms with Crippen LogP contribution in [0.5, 0.6) is 0 Å². The first-order chi connectivity index (χ1) is 19.2. The number of hydrogen-bond acceptors (Lipinski definition) is 5. The van der Waals surface area contributed by atoms with Crippen molar-refractivity contribution in [1.82, 2.24) is 9.88 Å². The number of hydrogen-bond donors (Lipinski definition) is 3. The summed E-state index contributed by atoms with van der Waals surface area (Å²) in [7, 11) is 0. The minimum Gasteiger partial charge on any atom is -0.481 e. The minimum atomic E-state index is -1.01. The Kier molecular flexibility index (Phi) is 112. The second kappa shape index (κ2) is 71.7. The van der Waals surface area contributed by atoms with Crippen LogP contribution in [0.4, 0.5) is 0 Å². The Morgan fingerprint density at radius 1 is 0.558 bits per heavy atom. The van der Waals surface area contributed by atoms with Crippen LogP contribution in [0.3, 0.4) is 0 Å². The maximum absolute atomic E-state index is 10.1. The zero-order chi connectivity index (χ0) is 33.2. The molecular weight excluding hydrogens is 544 g/mol. The summed E-state index contributed by atoms with van der Waals surface area (Å²) in [5.74, 6) is -2.45. The Labute approximate surface area is 268 Å². The topological polar surface area (TPSA) is 128 Å². The van der Waals surface area contributed by atoms with Crippen LogP contribution in [0.2, 0.25) is 0 Å². The van der Waals surface area contributed by atoms with E-state index < -0.39 is 17.9 Å². The van der Waals surface area contributed by atoms with Crippen LogP contribution in [0, 0.1) is 5.92 Å². The Bertz CT molecular complexity index is 570. The molecule has 0 fully saturated rings. The SMILES string of the molecule is C.C.C.CC.CC.CC.CC.CC.CC(C)CC(=O)O.CCN(CC(=O)O)CC(=O)O.c1ccccc1.c1ccncc1. The number of nitrogens with zero attached hydrogens (tertiary/aromatic N) is 2. The summed E-state index contributed by atoms with van der Waals surface area (Å²) >= 11 is 0. The van der Waals surface area contributed by atoms with Crippen molar-refractivity contribution in [1.29, 1.82) is 0 Å². The van der Waals surface area contributed by atoms with Gasteiger partial charge >= 0.3 is 17.9 Å². The fraction of sp³-hybridized carbons (Fsp3) is 0.600. The Hall–Kier alpha value is -3.26. The van der Waals surface area contributed by atoms with Crippen molar-refractivity contribution in [2.75, 3.05) is 19.6 Å². The molecule has 0 bridgehead atoms. The lowest BCUT2D eigenvalue weighted by molar-refractivity contribution is -0.142. The molecule has 1 heterocycles. The van der Waals surface area contributed by atoms with Gasteiger partial charge in [-0.15, -0.1) is 0 Å². The molecule has 260 valence electrons. The number of aliphatic carboxylic acids is 3. The Morgan fingerprint density at radius 2 is 0.814 bits per heavy atom. The monoisotopic (exact) mass is 619 g/mol. The summed E-state index contributed by atoms with van der Waals surface area (Å²) in [6, 6.07) is 17.7. The molecule has 0 unspecified atom stereocenters. The maximum Gasteiger partial charge on any atom is 0.317 e. The zero-order valence-electron chi connectivity index (χ0n) is 27.7. The van der Waals surface area contributed by atoms with Crippen LogP contribution in [-0.4, -0.2) is 62.7 Å². The summed E-state index contributed by atoms with van der Waals surface area (Å²) in [5.41, 5.74) is 0. The van der Waals surface area contributed by atoms with E-state index in [9.17, 15) is 14.4 Å². The molecule has 0 atom stereocenters. The van der Waals surface area contributed by atoms with Gasteiger partial charge in [0.05, 0.1) is 13.1 Å². The zero-order valence-corrected chi connectivity index (χ0v) is 27.7. The molecule has 2 aromatic rings. The summed E-state index contributed by atoms with van der Waals surface area (Å²) in [6.45, 7) is 25.5. The highest BCUT2D eigenvalue weighted by atomic mass is 16.4. The van der Waals surface area contributed by atoms with E-state index >= 15 is 0 Å². The van der Waals surface area contributed by atoms with Crippen molar-refractivity contribution < 1.29 is 29.7 Å². The molecule has 8 nitrogen and oxygen atoms in total. The molecule has 1 aromatic heterocycles. The van der Waals surface area contributed by atoms with E-state index in [0.29, 0.717) is 6.54 Å². The molecule has 0 spiro atoms. The van der Waals surface area contributed by atoms with E-state index in [2.05, 4.69) is 4.98 Å². The van der Waals surface area contributed by atoms with Crippen molar-refractivity contribution in [3.05, 3.63) is 67.0 Å². The fourth-order valence-electron chi connectivity index (χ4n) is 1.71.